The van der Waals surface area contributed by atoms with Crippen molar-refractivity contribution in [3.8, 4) is 0 Å². The molecule has 0 radical (unpaired) electrons. The van der Waals surface area contributed by atoms with Gasteiger partial charge in [0.1, 0.15) is 10.5 Å². The highest BCUT2D eigenvalue weighted by Gasteiger charge is 2.24. The van der Waals surface area contributed by atoms with Crippen LogP contribution >= 0.6 is 23.2 Å². The highest BCUT2D eigenvalue weighted by molar-refractivity contribution is 6.47. The zero-order valence-electron chi connectivity index (χ0n) is 6.05. The Hall–Kier alpha value is -0.0231. The van der Waals surface area contributed by atoms with Crippen molar-refractivity contribution in [2.75, 3.05) is 0 Å². The summed E-state index contributed by atoms with van der Waals surface area (Å²) in [7, 11) is 0.518. The van der Waals surface area contributed by atoms with E-state index in [-0.39, 0.29) is 0 Å². The number of alkyl halides is 2. The molecule has 0 saturated carbocycles. The minimum atomic E-state index is -1.16. The van der Waals surface area contributed by atoms with Crippen LogP contribution in [-0.2, 0) is 8.95 Å². The highest BCUT2D eigenvalue weighted by atomic mass is 35.5. The van der Waals surface area contributed by atoms with Gasteiger partial charge in [0.2, 0.25) is 4.52 Å². The largest absolute Gasteiger partial charge is 0.395 e. The molecule has 1 aromatic carbocycles. The maximum absolute atomic E-state index is 5.82. The number of hydrogen-bond acceptors (Lipinski definition) is 1. The van der Waals surface area contributed by atoms with Gasteiger partial charge in [-0.1, -0.05) is 53.5 Å². The second kappa shape index (κ2) is 3.58. The van der Waals surface area contributed by atoms with Crippen molar-refractivity contribution in [3.63, 3.8) is 0 Å². The summed E-state index contributed by atoms with van der Waals surface area (Å²) in [6.07, 6.45) is 0. The van der Waals surface area contributed by atoms with Gasteiger partial charge in [0, 0.05) is 5.56 Å². The van der Waals surface area contributed by atoms with Gasteiger partial charge in [-0.25, -0.2) is 0 Å². The predicted octanol–water partition coefficient (Wildman–Crippen LogP) is 1.57. The van der Waals surface area contributed by atoms with Gasteiger partial charge in [0.05, 0.1) is 0 Å². The summed E-state index contributed by atoms with van der Waals surface area (Å²) in [5.41, 5.74) is 0.776. The van der Waals surface area contributed by atoms with Crippen molar-refractivity contribution in [1.29, 1.82) is 0 Å². The summed E-state index contributed by atoms with van der Waals surface area (Å²) in [5.74, 6) is 0. The smallest absolute Gasteiger partial charge is 0.234 e. The van der Waals surface area contributed by atoms with Gasteiger partial charge in [-0.05, 0) is 0 Å². The van der Waals surface area contributed by atoms with Crippen molar-refractivity contribution >= 4 is 33.7 Å². The molecule has 1 rings (SSSR count). The molecule has 0 saturated heterocycles. The first-order valence-corrected chi connectivity index (χ1v) is 4.72. The lowest BCUT2D eigenvalue weighted by atomic mass is 10.2. The third-order valence-corrected chi connectivity index (χ3v) is 3.24. The van der Waals surface area contributed by atoms with Gasteiger partial charge in [0.15, 0.2) is 0 Å². The second-order valence-corrected chi connectivity index (χ2v) is 3.75. The average molecular weight is 207 g/mol. The minimum Gasteiger partial charge on any atom is -0.395 e. The molecule has 0 fully saturated rings. The quantitative estimate of drug-likeness (QED) is 0.528. The van der Waals surface area contributed by atoms with Crippen LogP contribution < -0.4 is 0 Å². The van der Waals surface area contributed by atoms with Crippen molar-refractivity contribution in [1.82, 2.24) is 0 Å². The van der Waals surface area contributed by atoms with Crippen LogP contribution in [0.1, 0.15) is 5.56 Å². The fourth-order valence-electron chi connectivity index (χ4n) is 0.750. The molecule has 0 aliphatic rings. The van der Waals surface area contributed by atoms with Crippen molar-refractivity contribution in [3.05, 3.63) is 35.9 Å². The standard InChI is InChI=1S/C7H8Cl2OSi/c8-7(9,10-11)6-4-2-1-3-5-6/h1-5H,11H3. The van der Waals surface area contributed by atoms with Crippen molar-refractivity contribution in [2.45, 2.75) is 4.52 Å². The Morgan fingerprint density at radius 3 is 2.18 bits per heavy atom. The van der Waals surface area contributed by atoms with Gasteiger partial charge in [-0.15, -0.1) is 0 Å². The molecule has 0 amide bonds. The molecule has 0 atom stereocenters. The average Bonchev–Trinajstić information content (AvgIpc) is 2.06. The SMILES string of the molecule is [SiH3]OC(Cl)(Cl)c1ccccc1. The minimum absolute atomic E-state index is 0.518. The molecule has 1 aromatic rings. The normalized spacial score (nSPS) is 11.8. The Morgan fingerprint density at radius 1 is 1.18 bits per heavy atom. The summed E-state index contributed by atoms with van der Waals surface area (Å²) in [6, 6.07) is 9.31. The lowest BCUT2D eigenvalue weighted by Gasteiger charge is -2.17. The summed E-state index contributed by atoms with van der Waals surface area (Å²) in [5, 5.41) is 0. The molecule has 60 valence electrons. The molecule has 0 aliphatic heterocycles. The lowest BCUT2D eigenvalue weighted by molar-refractivity contribution is 0.272. The first kappa shape index (κ1) is 9.07. The van der Waals surface area contributed by atoms with Crippen LogP contribution in [0.3, 0.4) is 0 Å². The van der Waals surface area contributed by atoms with E-state index >= 15 is 0 Å². The maximum atomic E-state index is 5.82. The molecular formula is C7H8Cl2OSi. The second-order valence-electron chi connectivity index (χ2n) is 2.09. The van der Waals surface area contributed by atoms with E-state index in [1.165, 1.54) is 0 Å². The van der Waals surface area contributed by atoms with E-state index in [9.17, 15) is 0 Å². The van der Waals surface area contributed by atoms with Gasteiger partial charge in [-0.3, -0.25) is 0 Å². The zero-order valence-corrected chi connectivity index (χ0v) is 9.56. The van der Waals surface area contributed by atoms with Crippen molar-refractivity contribution in [2.24, 2.45) is 0 Å². The van der Waals surface area contributed by atoms with Gasteiger partial charge < -0.3 is 4.43 Å². The van der Waals surface area contributed by atoms with Gasteiger partial charge in [0.25, 0.3) is 0 Å². The number of benzene rings is 1. The maximum Gasteiger partial charge on any atom is 0.234 e. The van der Waals surface area contributed by atoms with Crippen LogP contribution in [0.25, 0.3) is 0 Å². The van der Waals surface area contributed by atoms with E-state index in [2.05, 4.69) is 0 Å². The molecule has 0 aliphatic carbocycles. The number of hydrogen-bond donors (Lipinski definition) is 0. The summed E-state index contributed by atoms with van der Waals surface area (Å²) in [4.78, 5) is 0. The first-order chi connectivity index (χ1) is 5.17. The van der Waals surface area contributed by atoms with E-state index in [1.807, 2.05) is 30.3 Å². The molecule has 0 heterocycles. The molecule has 0 N–H and O–H groups in total. The summed E-state index contributed by atoms with van der Waals surface area (Å²) < 4.78 is 3.83. The zero-order chi connectivity index (χ0) is 8.32. The van der Waals surface area contributed by atoms with Crippen LogP contribution in [0, 0.1) is 0 Å². The molecule has 0 spiro atoms. The monoisotopic (exact) mass is 206 g/mol. The van der Waals surface area contributed by atoms with Crippen LogP contribution in [0.4, 0.5) is 0 Å². The van der Waals surface area contributed by atoms with Crippen LogP contribution in [0.5, 0.6) is 0 Å². The molecule has 0 bridgehead atoms. The highest BCUT2D eigenvalue weighted by Crippen LogP contribution is 2.33. The van der Waals surface area contributed by atoms with E-state index in [0.717, 1.165) is 5.56 Å². The summed E-state index contributed by atoms with van der Waals surface area (Å²) in [6.45, 7) is 0. The Bertz CT molecular complexity index is 225. The Labute approximate surface area is 78.8 Å². The topological polar surface area (TPSA) is 9.23 Å². The number of halogens is 2. The molecule has 11 heavy (non-hydrogen) atoms. The fraction of sp³-hybridized carbons (Fsp3) is 0.143. The van der Waals surface area contributed by atoms with E-state index in [4.69, 9.17) is 27.6 Å². The third kappa shape index (κ3) is 2.20. The molecular weight excluding hydrogens is 199 g/mol. The lowest BCUT2D eigenvalue weighted by Crippen LogP contribution is -2.12. The third-order valence-electron chi connectivity index (χ3n) is 1.37. The molecule has 0 aromatic heterocycles. The van der Waals surface area contributed by atoms with Gasteiger partial charge in [-0.2, -0.15) is 0 Å². The van der Waals surface area contributed by atoms with Gasteiger partial charge >= 0.3 is 0 Å². The predicted molar refractivity (Wildman–Crippen MR) is 50.9 cm³/mol. The molecule has 1 nitrogen and oxygen atoms in total. The molecule has 4 heteroatoms. The Kier molecular flexibility index (Phi) is 2.95. The Morgan fingerprint density at radius 2 is 1.73 bits per heavy atom. The van der Waals surface area contributed by atoms with Crippen molar-refractivity contribution < 1.29 is 4.43 Å². The van der Waals surface area contributed by atoms with E-state index in [1.54, 1.807) is 0 Å². The summed E-state index contributed by atoms with van der Waals surface area (Å²) >= 11 is 11.6. The van der Waals surface area contributed by atoms with Crippen LogP contribution in [0.15, 0.2) is 30.3 Å². The van der Waals surface area contributed by atoms with Crippen LogP contribution in [-0.4, -0.2) is 10.5 Å². The molecule has 0 unspecified atom stereocenters. The fourth-order valence-corrected chi connectivity index (χ4v) is 1.24. The first-order valence-electron chi connectivity index (χ1n) is 3.15. The number of rotatable bonds is 2. The Balaban J connectivity index is 2.93. The van der Waals surface area contributed by atoms with Crippen LogP contribution in [0.2, 0.25) is 0 Å². The van der Waals surface area contributed by atoms with E-state index in [0.29, 0.717) is 10.5 Å². The van der Waals surface area contributed by atoms with E-state index < -0.39 is 4.52 Å².